The third-order valence-corrected chi connectivity index (χ3v) is 4.54. The summed E-state index contributed by atoms with van der Waals surface area (Å²) >= 11 is 0. The molecule has 1 saturated carbocycles. The van der Waals surface area contributed by atoms with E-state index in [-0.39, 0.29) is 11.8 Å². The average Bonchev–Trinajstić information content (AvgIpc) is 3.32. The summed E-state index contributed by atoms with van der Waals surface area (Å²) in [4.78, 5) is 19.2. The van der Waals surface area contributed by atoms with Crippen LogP contribution in [0.15, 0.2) is 34.7 Å². The Labute approximate surface area is 135 Å². The first-order valence-electron chi connectivity index (χ1n) is 8.35. The van der Waals surface area contributed by atoms with Crippen molar-refractivity contribution in [3.63, 3.8) is 0 Å². The lowest BCUT2D eigenvalue weighted by atomic mass is 10.2. The minimum absolute atomic E-state index is 0.175. The molecule has 0 bridgehead atoms. The predicted molar refractivity (Wildman–Crippen MR) is 87.5 cm³/mol. The standard InChI is InChI=1S/C18H21N3O2/c22-17(19-14-4-2-1-3-5-14)18-20-15-8-10-21(12-13-6-7-13)11-9-16(15)23-18/h1-5,13H,6-12H2,(H,19,22). The molecular weight excluding hydrogens is 290 g/mol. The molecule has 120 valence electrons. The predicted octanol–water partition coefficient (Wildman–Crippen LogP) is 2.74. The van der Waals surface area contributed by atoms with Gasteiger partial charge in [-0.25, -0.2) is 4.98 Å². The zero-order valence-electron chi connectivity index (χ0n) is 13.1. The van der Waals surface area contributed by atoms with Crippen molar-refractivity contribution in [1.82, 2.24) is 9.88 Å². The second kappa shape index (κ2) is 6.16. The van der Waals surface area contributed by atoms with E-state index in [2.05, 4.69) is 15.2 Å². The van der Waals surface area contributed by atoms with E-state index >= 15 is 0 Å². The fraction of sp³-hybridized carbons (Fsp3) is 0.444. The Morgan fingerprint density at radius 1 is 1.22 bits per heavy atom. The Balaban J connectivity index is 1.41. The van der Waals surface area contributed by atoms with E-state index in [0.717, 1.165) is 49.0 Å². The monoisotopic (exact) mass is 311 g/mol. The number of oxazole rings is 1. The van der Waals surface area contributed by atoms with Gasteiger partial charge in [0.1, 0.15) is 5.76 Å². The molecule has 0 radical (unpaired) electrons. The normalized spacial score (nSPS) is 18.3. The molecule has 1 aliphatic carbocycles. The molecule has 1 amide bonds. The number of rotatable bonds is 4. The molecule has 1 aliphatic heterocycles. The SMILES string of the molecule is O=C(Nc1ccccc1)c1nc2c(o1)CCN(CC1CC1)CC2. The summed E-state index contributed by atoms with van der Waals surface area (Å²) in [6.45, 7) is 3.21. The number of anilines is 1. The highest BCUT2D eigenvalue weighted by atomic mass is 16.4. The Kier molecular flexibility index (Phi) is 3.87. The van der Waals surface area contributed by atoms with Crippen molar-refractivity contribution < 1.29 is 9.21 Å². The number of carbonyl (C=O) groups is 1. The van der Waals surface area contributed by atoms with Gasteiger partial charge >= 0.3 is 5.91 Å². The summed E-state index contributed by atoms with van der Waals surface area (Å²) in [5.74, 6) is 1.68. The van der Waals surface area contributed by atoms with Gasteiger partial charge in [-0.1, -0.05) is 18.2 Å². The van der Waals surface area contributed by atoms with Crippen LogP contribution in [0, 0.1) is 5.92 Å². The summed E-state index contributed by atoms with van der Waals surface area (Å²) in [7, 11) is 0. The van der Waals surface area contributed by atoms with Gasteiger partial charge in [0.25, 0.3) is 5.89 Å². The zero-order valence-corrected chi connectivity index (χ0v) is 13.1. The third kappa shape index (κ3) is 3.45. The minimum Gasteiger partial charge on any atom is -0.437 e. The van der Waals surface area contributed by atoms with Gasteiger partial charge in [0.05, 0.1) is 5.69 Å². The molecular formula is C18H21N3O2. The van der Waals surface area contributed by atoms with E-state index in [9.17, 15) is 4.79 Å². The molecule has 1 aromatic heterocycles. The van der Waals surface area contributed by atoms with Gasteiger partial charge in [-0.3, -0.25) is 4.79 Å². The van der Waals surface area contributed by atoms with Gasteiger partial charge in [-0.2, -0.15) is 0 Å². The fourth-order valence-corrected chi connectivity index (χ4v) is 3.06. The van der Waals surface area contributed by atoms with Gasteiger partial charge in [0, 0.05) is 38.2 Å². The summed E-state index contributed by atoms with van der Waals surface area (Å²) in [5.41, 5.74) is 1.70. The third-order valence-electron chi connectivity index (χ3n) is 4.54. The average molecular weight is 311 g/mol. The largest absolute Gasteiger partial charge is 0.437 e. The molecule has 2 aliphatic rings. The smallest absolute Gasteiger partial charge is 0.311 e. The van der Waals surface area contributed by atoms with Crippen molar-refractivity contribution in [2.24, 2.45) is 5.92 Å². The number of nitrogens with one attached hydrogen (secondary N) is 1. The summed E-state index contributed by atoms with van der Waals surface area (Å²) in [6, 6.07) is 9.38. The van der Waals surface area contributed by atoms with Crippen molar-refractivity contribution in [1.29, 1.82) is 0 Å². The van der Waals surface area contributed by atoms with Crippen LogP contribution in [0.25, 0.3) is 0 Å². The molecule has 0 spiro atoms. The maximum absolute atomic E-state index is 12.3. The lowest BCUT2D eigenvalue weighted by Gasteiger charge is -2.18. The van der Waals surface area contributed by atoms with Crippen LogP contribution in [-0.2, 0) is 12.8 Å². The van der Waals surface area contributed by atoms with E-state index in [0.29, 0.717) is 0 Å². The van der Waals surface area contributed by atoms with Gasteiger partial charge in [0.15, 0.2) is 0 Å². The van der Waals surface area contributed by atoms with E-state index in [1.807, 2.05) is 30.3 Å². The highest BCUT2D eigenvalue weighted by Gasteiger charge is 2.27. The van der Waals surface area contributed by atoms with Crippen LogP contribution in [0.4, 0.5) is 5.69 Å². The maximum atomic E-state index is 12.3. The fourth-order valence-electron chi connectivity index (χ4n) is 3.06. The molecule has 2 aromatic rings. The van der Waals surface area contributed by atoms with E-state index in [1.165, 1.54) is 19.4 Å². The molecule has 1 N–H and O–H groups in total. The quantitative estimate of drug-likeness (QED) is 0.943. The number of amides is 1. The van der Waals surface area contributed by atoms with Crippen LogP contribution in [0.5, 0.6) is 0 Å². The maximum Gasteiger partial charge on any atom is 0.311 e. The van der Waals surface area contributed by atoms with Crippen molar-refractivity contribution >= 4 is 11.6 Å². The summed E-state index contributed by atoms with van der Waals surface area (Å²) in [6.07, 6.45) is 4.46. The van der Waals surface area contributed by atoms with Gasteiger partial charge in [-0.05, 0) is 30.9 Å². The van der Waals surface area contributed by atoms with Crippen LogP contribution in [0.1, 0.15) is 35.0 Å². The van der Waals surface area contributed by atoms with Crippen molar-refractivity contribution in [2.45, 2.75) is 25.7 Å². The Morgan fingerprint density at radius 2 is 2.00 bits per heavy atom. The highest BCUT2D eigenvalue weighted by molar-refractivity contribution is 6.00. The molecule has 23 heavy (non-hydrogen) atoms. The van der Waals surface area contributed by atoms with Crippen molar-refractivity contribution in [2.75, 3.05) is 25.0 Å². The molecule has 1 fully saturated rings. The number of hydrogen-bond donors (Lipinski definition) is 1. The second-order valence-electron chi connectivity index (χ2n) is 6.45. The van der Waals surface area contributed by atoms with E-state index in [1.54, 1.807) is 0 Å². The first-order valence-corrected chi connectivity index (χ1v) is 8.35. The summed E-state index contributed by atoms with van der Waals surface area (Å²) < 4.78 is 5.74. The van der Waals surface area contributed by atoms with Crippen LogP contribution in [-0.4, -0.2) is 35.4 Å². The van der Waals surface area contributed by atoms with Crippen molar-refractivity contribution in [3.05, 3.63) is 47.7 Å². The molecule has 1 aromatic carbocycles. The molecule has 2 heterocycles. The second-order valence-corrected chi connectivity index (χ2v) is 6.45. The summed E-state index contributed by atoms with van der Waals surface area (Å²) in [5, 5.41) is 2.82. The lowest BCUT2D eigenvalue weighted by molar-refractivity contribution is 0.0988. The molecule has 0 saturated heterocycles. The van der Waals surface area contributed by atoms with Crippen LogP contribution in [0.3, 0.4) is 0 Å². The lowest BCUT2D eigenvalue weighted by Crippen LogP contribution is -2.28. The minimum atomic E-state index is -0.279. The van der Waals surface area contributed by atoms with Crippen LogP contribution < -0.4 is 5.32 Å². The highest BCUT2D eigenvalue weighted by Crippen LogP contribution is 2.30. The van der Waals surface area contributed by atoms with E-state index in [4.69, 9.17) is 4.42 Å². The molecule has 5 heteroatoms. The number of benzene rings is 1. The van der Waals surface area contributed by atoms with Gasteiger partial charge in [0.2, 0.25) is 0 Å². The Morgan fingerprint density at radius 3 is 2.78 bits per heavy atom. The van der Waals surface area contributed by atoms with Gasteiger partial charge < -0.3 is 14.6 Å². The number of nitrogens with zero attached hydrogens (tertiary/aromatic N) is 2. The molecule has 4 rings (SSSR count). The first-order chi connectivity index (χ1) is 11.3. The number of hydrogen-bond acceptors (Lipinski definition) is 4. The first kappa shape index (κ1) is 14.5. The number of carbonyl (C=O) groups excluding carboxylic acids is 1. The molecule has 0 unspecified atom stereocenters. The number of para-hydroxylation sites is 1. The van der Waals surface area contributed by atoms with Crippen molar-refractivity contribution in [3.8, 4) is 0 Å². The number of aromatic nitrogens is 1. The van der Waals surface area contributed by atoms with E-state index < -0.39 is 0 Å². The van der Waals surface area contributed by atoms with Gasteiger partial charge in [-0.15, -0.1) is 0 Å². The Hall–Kier alpha value is -2.14. The molecule has 0 atom stereocenters. The molecule has 5 nitrogen and oxygen atoms in total. The van der Waals surface area contributed by atoms with Crippen LogP contribution >= 0.6 is 0 Å². The topological polar surface area (TPSA) is 58.4 Å². The zero-order chi connectivity index (χ0) is 15.6. The Bertz CT molecular complexity index is 666. The number of fused-ring (bicyclic) bond motifs is 1. The van der Waals surface area contributed by atoms with Crippen LogP contribution in [0.2, 0.25) is 0 Å².